The second-order valence-corrected chi connectivity index (χ2v) is 6.65. The monoisotopic (exact) mass is 362 g/mol. The summed E-state index contributed by atoms with van der Waals surface area (Å²) in [5.41, 5.74) is 5.22. The third kappa shape index (κ3) is 3.10. The number of fused-ring (bicyclic) bond motifs is 1. The van der Waals surface area contributed by atoms with Gasteiger partial charge in [-0.2, -0.15) is 5.10 Å². The Morgan fingerprint density at radius 1 is 1.07 bits per heavy atom. The van der Waals surface area contributed by atoms with Crippen molar-refractivity contribution in [3.05, 3.63) is 76.9 Å². The van der Waals surface area contributed by atoms with Crippen LogP contribution in [0.4, 0.5) is 10.2 Å². The molecule has 1 amide bonds. The van der Waals surface area contributed by atoms with Gasteiger partial charge in [0.1, 0.15) is 11.6 Å². The van der Waals surface area contributed by atoms with Crippen molar-refractivity contribution in [2.45, 2.75) is 20.8 Å². The summed E-state index contributed by atoms with van der Waals surface area (Å²) in [7, 11) is 0. The normalized spacial score (nSPS) is 11.1. The largest absolute Gasteiger partial charge is 0.358 e. The Kier molecular flexibility index (Phi) is 4.03. The first kappa shape index (κ1) is 17.0. The number of aromatic amines is 1. The Balaban J connectivity index is 1.67. The van der Waals surface area contributed by atoms with E-state index in [1.807, 2.05) is 32.9 Å². The van der Waals surface area contributed by atoms with Crippen molar-refractivity contribution in [1.29, 1.82) is 0 Å². The average molecular weight is 362 g/mol. The lowest BCUT2D eigenvalue weighted by Gasteiger charge is -2.09. The highest BCUT2D eigenvalue weighted by molar-refractivity contribution is 6.06. The Morgan fingerprint density at radius 2 is 1.81 bits per heavy atom. The van der Waals surface area contributed by atoms with Gasteiger partial charge in [-0.15, -0.1) is 0 Å². The van der Waals surface area contributed by atoms with E-state index in [1.54, 1.807) is 28.9 Å². The van der Waals surface area contributed by atoms with Gasteiger partial charge in [0.2, 0.25) is 0 Å². The molecule has 0 fully saturated rings. The zero-order valence-electron chi connectivity index (χ0n) is 15.3. The number of anilines is 1. The summed E-state index contributed by atoms with van der Waals surface area (Å²) in [6.45, 7) is 5.88. The summed E-state index contributed by atoms with van der Waals surface area (Å²) in [5.74, 6) is -0.0109. The number of amides is 1. The van der Waals surface area contributed by atoms with Crippen LogP contribution in [0.2, 0.25) is 0 Å². The lowest BCUT2D eigenvalue weighted by molar-refractivity contribution is 0.102. The Bertz CT molecular complexity index is 1160. The Hall–Kier alpha value is -3.41. The van der Waals surface area contributed by atoms with E-state index in [2.05, 4.69) is 15.4 Å². The molecule has 2 aromatic heterocycles. The first-order valence-electron chi connectivity index (χ1n) is 8.65. The van der Waals surface area contributed by atoms with Crippen LogP contribution < -0.4 is 5.32 Å². The molecule has 0 radical (unpaired) electrons. The number of rotatable bonds is 3. The number of carbonyl (C=O) groups excluding carboxylic acids is 1. The van der Waals surface area contributed by atoms with Gasteiger partial charge < -0.3 is 10.3 Å². The molecule has 2 heterocycles. The molecule has 6 heteroatoms. The van der Waals surface area contributed by atoms with E-state index in [9.17, 15) is 9.18 Å². The summed E-state index contributed by atoms with van der Waals surface area (Å²) in [6.07, 6.45) is 0. The molecule has 0 unspecified atom stereocenters. The smallest absolute Gasteiger partial charge is 0.256 e. The quantitative estimate of drug-likeness (QED) is 0.556. The van der Waals surface area contributed by atoms with Crippen molar-refractivity contribution < 1.29 is 9.18 Å². The van der Waals surface area contributed by atoms with E-state index in [0.29, 0.717) is 17.1 Å². The van der Waals surface area contributed by atoms with Gasteiger partial charge >= 0.3 is 0 Å². The summed E-state index contributed by atoms with van der Waals surface area (Å²) in [4.78, 5) is 16.1. The number of carbonyl (C=O) groups is 1. The van der Waals surface area contributed by atoms with E-state index in [-0.39, 0.29) is 11.7 Å². The van der Waals surface area contributed by atoms with Crippen molar-refractivity contribution in [3.8, 4) is 5.69 Å². The van der Waals surface area contributed by atoms with E-state index in [0.717, 1.165) is 27.9 Å². The van der Waals surface area contributed by atoms with Gasteiger partial charge in [-0.3, -0.25) is 4.79 Å². The maximum Gasteiger partial charge on any atom is 0.256 e. The predicted octanol–water partition coefficient (Wildman–Crippen LogP) is 4.67. The summed E-state index contributed by atoms with van der Waals surface area (Å²) >= 11 is 0. The molecular weight excluding hydrogens is 343 g/mol. The molecule has 2 N–H and O–H groups in total. The van der Waals surface area contributed by atoms with Crippen LogP contribution in [0.3, 0.4) is 0 Å². The van der Waals surface area contributed by atoms with Gasteiger partial charge in [-0.1, -0.05) is 0 Å². The zero-order valence-corrected chi connectivity index (χ0v) is 15.3. The molecule has 4 rings (SSSR count). The first-order chi connectivity index (χ1) is 12.9. The first-order valence-corrected chi connectivity index (χ1v) is 8.65. The third-order valence-electron chi connectivity index (χ3n) is 4.71. The molecule has 136 valence electrons. The van der Waals surface area contributed by atoms with Crippen molar-refractivity contribution in [1.82, 2.24) is 14.8 Å². The van der Waals surface area contributed by atoms with Crippen LogP contribution in [0, 0.1) is 26.6 Å². The molecule has 0 aliphatic rings. The number of H-pyrrole nitrogens is 1. The standard InChI is InChI=1S/C21H19FN4O/c1-12-10-20(26(25-12)17-7-5-16(22)6-8-17)24-21(27)15-4-9-19-18(11-15)13(2)14(3)23-19/h4-11,23H,1-3H3,(H,24,27). The van der Waals surface area contributed by atoms with E-state index >= 15 is 0 Å². The van der Waals surface area contributed by atoms with E-state index in [1.165, 1.54) is 12.1 Å². The molecule has 4 aromatic rings. The summed E-state index contributed by atoms with van der Waals surface area (Å²) in [6, 6.07) is 13.3. The minimum absolute atomic E-state index is 0.224. The minimum Gasteiger partial charge on any atom is -0.358 e. The van der Waals surface area contributed by atoms with Crippen molar-refractivity contribution in [3.63, 3.8) is 0 Å². The summed E-state index contributed by atoms with van der Waals surface area (Å²) < 4.78 is 14.8. The van der Waals surface area contributed by atoms with E-state index < -0.39 is 0 Å². The highest BCUT2D eigenvalue weighted by Crippen LogP contribution is 2.23. The average Bonchev–Trinajstić information content (AvgIpc) is 3.15. The molecule has 2 aromatic carbocycles. The number of nitrogens with one attached hydrogen (secondary N) is 2. The third-order valence-corrected chi connectivity index (χ3v) is 4.71. The second-order valence-electron chi connectivity index (χ2n) is 6.65. The number of aryl methyl sites for hydroxylation is 3. The van der Waals surface area contributed by atoms with Crippen LogP contribution in [0.1, 0.15) is 27.3 Å². The molecule has 27 heavy (non-hydrogen) atoms. The zero-order chi connectivity index (χ0) is 19.1. The van der Waals surface area contributed by atoms with Crippen LogP contribution >= 0.6 is 0 Å². The van der Waals surface area contributed by atoms with Crippen LogP contribution in [0.25, 0.3) is 16.6 Å². The maximum atomic E-state index is 13.2. The Labute approximate surface area is 155 Å². The molecule has 0 atom stereocenters. The molecule has 0 bridgehead atoms. The molecule has 0 saturated heterocycles. The maximum absolute atomic E-state index is 13.2. The van der Waals surface area contributed by atoms with Crippen molar-refractivity contribution >= 4 is 22.6 Å². The van der Waals surface area contributed by atoms with E-state index in [4.69, 9.17) is 0 Å². The highest BCUT2D eigenvalue weighted by Gasteiger charge is 2.14. The number of halogens is 1. The lowest BCUT2D eigenvalue weighted by atomic mass is 10.1. The molecule has 0 spiro atoms. The van der Waals surface area contributed by atoms with Crippen LogP contribution in [-0.4, -0.2) is 20.7 Å². The van der Waals surface area contributed by atoms with Gasteiger partial charge in [-0.25, -0.2) is 9.07 Å². The molecule has 5 nitrogen and oxygen atoms in total. The van der Waals surface area contributed by atoms with Crippen molar-refractivity contribution in [2.24, 2.45) is 0 Å². The minimum atomic E-state index is -0.321. The highest BCUT2D eigenvalue weighted by atomic mass is 19.1. The topological polar surface area (TPSA) is 62.7 Å². The molecular formula is C21H19FN4O. The number of hydrogen-bond donors (Lipinski definition) is 2. The summed E-state index contributed by atoms with van der Waals surface area (Å²) in [5, 5.41) is 8.34. The predicted molar refractivity (Wildman–Crippen MR) is 104 cm³/mol. The fourth-order valence-electron chi connectivity index (χ4n) is 3.16. The fraction of sp³-hybridized carbons (Fsp3) is 0.143. The van der Waals surface area contributed by atoms with Gasteiger partial charge in [0.15, 0.2) is 0 Å². The molecule has 0 aliphatic carbocycles. The number of hydrogen-bond acceptors (Lipinski definition) is 2. The number of nitrogens with zero attached hydrogens (tertiary/aromatic N) is 2. The molecule has 0 saturated carbocycles. The SMILES string of the molecule is Cc1cc(NC(=O)c2ccc3[nH]c(C)c(C)c3c2)n(-c2ccc(F)cc2)n1. The lowest BCUT2D eigenvalue weighted by Crippen LogP contribution is -2.15. The van der Waals surface area contributed by atoms with Gasteiger partial charge in [0.05, 0.1) is 11.4 Å². The van der Waals surface area contributed by atoms with Crippen LogP contribution in [0.5, 0.6) is 0 Å². The molecule has 0 aliphatic heterocycles. The number of benzene rings is 2. The van der Waals surface area contributed by atoms with Gasteiger partial charge in [0.25, 0.3) is 5.91 Å². The van der Waals surface area contributed by atoms with Gasteiger partial charge in [0, 0.05) is 28.2 Å². The van der Waals surface area contributed by atoms with Crippen LogP contribution in [-0.2, 0) is 0 Å². The Morgan fingerprint density at radius 3 is 2.56 bits per heavy atom. The fourth-order valence-corrected chi connectivity index (χ4v) is 3.16. The van der Waals surface area contributed by atoms with Gasteiger partial charge in [-0.05, 0) is 68.8 Å². The number of aromatic nitrogens is 3. The van der Waals surface area contributed by atoms with Crippen LogP contribution in [0.15, 0.2) is 48.5 Å². The second kappa shape index (κ2) is 6.39. The van der Waals surface area contributed by atoms with Crippen molar-refractivity contribution in [2.75, 3.05) is 5.32 Å².